The summed E-state index contributed by atoms with van der Waals surface area (Å²) in [4.78, 5) is 14.5. The van der Waals surface area contributed by atoms with Gasteiger partial charge in [0, 0.05) is 40.2 Å². The van der Waals surface area contributed by atoms with E-state index in [1.165, 1.54) is 16.8 Å². The average molecular weight is 599 g/mol. The molecule has 7 rings (SSSR count). The first kappa shape index (κ1) is 29.2. The Morgan fingerprint density at radius 2 is 1.37 bits per heavy atom. The molecule has 0 fully saturated rings. The number of para-hydroxylation sites is 1. The standard InChI is InChI=1S/C42H38N4/c1-29-14-13-20-37-39(29)45(31(3)15-7-6-12-25-42(37,4)5)38-22-21-34(28-30(38)2)46(40-35-18-10-8-16-32(35)23-26-43-40)41-36-19-11-9-17-33(36)24-27-44-41/h6-24,26-28H,3,25H2,1-2,4-5H3/b12-6-,15-7-. The van der Waals surface area contributed by atoms with Crippen LogP contribution in [0.5, 0.6) is 0 Å². The summed E-state index contributed by atoms with van der Waals surface area (Å²) in [6.45, 7) is 13.6. The molecule has 6 aromatic rings. The number of pyridine rings is 2. The Labute approximate surface area is 271 Å². The second kappa shape index (κ2) is 11.8. The molecular weight excluding hydrogens is 560 g/mol. The van der Waals surface area contributed by atoms with Gasteiger partial charge in [0.25, 0.3) is 0 Å². The topological polar surface area (TPSA) is 32.3 Å². The third-order valence-electron chi connectivity index (χ3n) is 9.05. The van der Waals surface area contributed by atoms with Crippen LogP contribution in [0, 0.1) is 13.8 Å². The normalized spacial score (nSPS) is 15.8. The Bertz CT molecular complexity index is 2080. The summed E-state index contributed by atoms with van der Waals surface area (Å²) in [6.07, 6.45) is 13.3. The monoisotopic (exact) mass is 598 g/mol. The lowest BCUT2D eigenvalue weighted by molar-refractivity contribution is 0.534. The maximum atomic E-state index is 4.97. The number of aryl methyl sites for hydroxylation is 2. The zero-order valence-corrected chi connectivity index (χ0v) is 26.9. The van der Waals surface area contributed by atoms with Gasteiger partial charge in [-0.05, 0) is 89.6 Å². The zero-order chi connectivity index (χ0) is 31.8. The highest BCUT2D eigenvalue weighted by molar-refractivity contribution is 6.02. The highest BCUT2D eigenvalue weighted by atomic mass is 15.2. The van der Waals surface area contributed by atoms with Crippen LogP contribution in [0.2, 0.25) is 0 Å². The van der Waals surface area contributed by atoms with E-state index in [-0.39, 0.29) is 5.41 Å². The zero-order valence-electron chi connectivity index (χ0n) is 26.9. The highest BCUT2D eigenvalue weighted by Gasteiger charge is 2.29. The second-order valence-corrected chi connectivity index (χ2v) is 12.7. The van der Waals surface area contributed by atoms with Gasteiger partial charge in [0.05, 0.1) is 5.69 Å². The predicted molar refractivity (Wildman–Crippen MR) is 195 cm³/mol. The first-order chi connectivity index (χ1) is 22.3. The van der Waals surface area contributed by atoms with E-state index < -0.39 is 0 Å². The van der Waals surface area contributed by atoms with E-state index in [2.05, 4.69) is 165 Å². The van der Waals surface area contributed by atoms with Crippen molar-refractivity contribution >= 4 is 50.2 Å². The lowest BCUT2D eigenvalue weighted by atomic mass is 9.79. The van der Waals surface area contributed by atoms with Gasteiger partial charge in [-0.1, -0.05) is 105 Å². The van der Waals surface area contributed by atoms with Crippen LogP contribution in [0.25, 0.3) is 21.5 Å². The van der Waals surface area contributed by atoms with Gasteiger partial charge < -0.3 is 4.90 Å². The molecule has 226 valence electrons. The number of rotatable bonds is 4. The molecule has 0 saturated heterocycles. The smallest absolute Gasteiger partial charge is 0.146 e. The number of aromatic nitrogens is 2. The molecule has 0 amide bonds. The van der Waals surface area contributed by atoms with Gasteiger partial charge in [0.15, 0.2) is 0 Å². The minimum absolute atomic E-state index is 0.0632. The van der Waals surface area contributed by atoms with Crippen LogP contribution in [0.3, 0.4) is 0 Å². The van der Waals surface area contributed by atoms with Crippen LogP contribution in [-0.4, -0.2) is 9.97 Å². The summed E-state index contributed by atoms with van der Waals surface area (Å²) >= 11 is 0. The molecule has 1 aliphatic rings. The van der Waals surface area contributed by atoms with Crippen LogP contribution >= 0.6 is 0 Å². The molecule has 0 atom stereocenters. The molecule has 4 nitrogen and oxygen atoms in total. The molecule has 0 N–H and O–H groups in total. The van der Waals surface area contributed by atoms with Crippen LogP contribution < -0.4 is 9.80 Å². The second-order valence-electron chi connectivity index (χ2n) is 12.7. The summed E-state index contributed by atoms with van der Waals surface area (Å²) in [5.74, 6) is 1.69. The molecule has 0 radical (unpaired) electrons. The molecule has 2 aromatic heterocycles. The summed E-state index contributed by atoms with van der Waals surface area (Å²) in [5, 5.41) is 4.39. The predicted octanol–water partition coefficient (Wildman–Crippen LogP) is 11.3. The van der Waals surface area contributed by atoms with E-state index in [1.54, 1.807) is 0 Å². The first-order valence-electron chi connectivity index (χ1n) is 15.8. The Hall–Kier alpha value is -5.48. The molecule has 0 aliphatic carbocycles. The summed E-state index contributed by atoms with van der Waals surface area (Å²) in [7, 11) is 0. The van der Waals surface area contributed by atoms with Gasteiger partial charge in [-0.15, -0.1) is 0 Å². The average Bonchev–Trinajstić information content (AvgIpc) is 3.06. The Morgan fingerprint density at radius 1 is 0.717 bits per heavy atom. The van der Waals surface area contributed by atoms with Crippen molar-refractivity contribution in [1.82, 2.24) is 9.97 Å². The van der Waals surface area contributed by atoms with Crippen molar-refractivity contribution in [2.24, 2.45) is 0 Å². The minimum Gasteiger partial charge on any atom is -0.310 e. The summed E-state index contributed by atoms with van der Waals surface area (Å²) < 4.78 is 0. The first-order valence-corrected chi connectivity index (χ1v) is 15.8. The maximum absolute atomic E-state index is 4.97. The SMILES string of the molecule is C=C1/C=C\C=C/CC(C)(C)c2cccc(C)c2N1c1ccc(N(c2nccc3ccccc23)c2nccc3ccccc23)cc1C. The largest absolute Gasteiger partial charge is 0.310 e. The van der Waals surface area contributed by atoms with Crippen molar-refractivity contribution in [2.45, 2.75) is 39.5 Å². The molecule has 3 heterocycles. The molecule has 0 saturated carbocycles. The fourth-order valence-corrected chi connectivity index (χ4v) is 6.65. The molecule has 0 unspecified atom stereocenters. The van der Waals surface area contributed by atoms with Gasteiger partial charge in [-0.25, -0.2) is 9.97 Å². The van der Waals surface area contributed by atoms with Crippen molar-refractivity contribution in [1.29, 1.82) is 0 Å². The molecule has 0 bridgehead atoms. The van der Waals surface area contributed by atoms with Gasteiger partial charge in [0.1, 0.15) is 11.6 Å². The third kappa shape index (κ3) is 5.16. The van der Waals surface area contributed by atoms with Crippen LogP contribution in [0.4, 0.5) is 28.7 Å². The minimum atomic E-state index is -0.0632. The lowest BCUT2D eigenvalue weighted by Gasteiger charge is -2.36. The van der Waals surface area contributed by atoms with E-state index in [0.29, 0.717) is 0 Å². The molecular formula is C42H38N4. The van der Waals surface area contributed by atoms with Crippen LogP contribution in [0.1, 0.15) is 37.0 Å². The van der Waals surface area contributed by atoms with Crippen molar-refractivity contribution in [2.75, 3.05) is 9.80 Å². The maximum Gasteiger partial charge on any atom is 0.146 e. The molecule has 4 aromatic carbocycles. The highest BCUT2D eigenvalue weighted by Crippen LogP contribution is 2.45. The molecule has 0 spiro atoms. The lowest BCUT2D eigenvalue weighted by Crippen LogP contribution is -2.25. The number of hydrogen-bond acceptors (Lipinski definition) is 4. The van der Waals surface area contributed by atoms with Crippen molar-refractivity contribution < 1.29 is 0 Å². The van der Waals surface area contributed by atoms with Gasteiger partial charge in [-0.2, -0.15) is 0 Å². The van der Waals surface area contributed by atoms with Gasteiger partial charge in [0.2, 0.25) is 0 Å². The van der Waals surface area contributed by atoms with Crippen molar-refractivity contribution in [3.8, 4) is 0 Å². The van der Waals surface area contributed by atoms with Crippen molar-refractivity contribution in [3.63, 3.8) is 0 Å². The van der Waals surface area contributed by atoms with E-state index in [0.717, 1.165) is 62.2 Å². The number of fused-ring (bicyclic) bond motifs is 3. The Morgan fingerprint density at radius 3 is 2.02 bits per heavy atom. The van der Waals surface area contributed by atoms with E-state index in [4.69, 9.17) is 9.97 Å². The fraction of sp³-hybridized carbons (Fsp3) is 0.143. The number of allylic oxidation sites excluding steroid dienone is 4. The van der Waals surface area contributed by atoms with E-state index >= 15 is 0 Å². The van der Waals surface area contributed by atoms with Gasteiger partial charge in [-0.3, -0.25) is 4.90 Å². The summed E-state index contributed by atoms with van der Waals surface area (Å²) in [6, 6.07) is 34.2. The van der Waals surface area contributed by atoms with Crippen LogP contribution in [-0.2, 0) is 5.41 Å². The number of anilines is 5. The number of nitrogens with zero attached hydrogens (tertiary/aromatic N) is 4. The fourth-order valence-electron chi connectivity index (χ4n) is 6.65. The Kier molecular flexibility index (Phi) is 7.50. The number of benzene rings is 4. The van der Waals surface area contributed by atoms with Crippen molar-refractivity contribution in [3.05, 3.63) is 163 Å². The van der Waals surface area contributed by atoms with Gasteiger partial charge >= 0.3 is 0 Å². The molecule has 1 aliphatic heterocycles. The third-order valence-corrected chi connectivity index (χ3v) is 9.05. The Balaban J connectivity index is 1.45. The summed E-state index contributed by atoms with van der Waals surface area (Å²) in [5.41, 5.74) is 7.77. The quantitative estimate of drug-likeness (QED) is 0.202. The van der Waals surface area contributed by atoms with E-state index in [9.17, 15) is 0 Å². The number of hydrogen-bond donors (Lipinski definition) is 0. The molecule has 4 heteroatoms. The van der Waals surface area contributed by atoms with Crippen LogP contribution in [0.15, 0.2) is 146 Å². The molecule has 46 heavy (non-hydrogen) atoms. The van der Waals surface area contributed by atoms with E-state index in [1.807, 2.05) is 12.4 Å².